The van der Waals surface area contributed by atoms with Gasteiger partial charge >= 0.3 is 0 Å². The van der Waals surface area contributed by atoms with Gasteiger partial charge < -0.3 is 19.9 Å². The summed E-state index contributed by atoms with van der Waals surface area (Å²) in [5, 5.41) is 7.08. The zero-order valence-electron chi connectivity index (χ0n) is 15.5. The van der Waals surface area contributed by atoms with E-state index in [0.29, 0.717) is 0 Å². The van der Waals surface area contributed by atoms with Crippen LogP contribution in [0, 0.1) is 0 Å². The highest BCUT2D eigenvalue weighted by molar-refractivity contribution is 7.14. The largest absolute Gasteiger partial charge is 0.383 e. The molecular formula is C18H31N5OS. The van der Waals surface area contributed by atoms with Crippen LogP contribution in [0.25, 0.3) is 0 Å². The van der Waals surface area contributed by atoms with Crippen LogP contribution in [0.2, 0.25) is 0 Å². The zero-order chi connectivity index (χ0) is 17.5. The number of aliphatic imine (C=N–C) groups is 1. The maximum absolute atomic E-state index is 5.24. The number of piperazine rings is 1. The Labute approximate surface area is 155 Å². The summed E-state index contributed by atoms with van der Waals surface area (Å²) in [5.41, 5.74) is 0. The highest BCUT2D eigenvalue weighted by Gasteiger charge is 2.28. The molecule has 1 saturated carbocycles. The second-order valence-corrected chi connectivity index (χ2v) is 7.59. The number of rotatable bonds is 8. The van der Waals surface area contributed by atoms with E-state index in [1.807, 2.05) is 18.4 Å². The van der Waals surface area contributed by atoms with Crippen molar-refractivity contribution in [2.75, 3.05) is 71.5 Å². The van der Waals surface area contributed by atoms with Crippen molar-refractivity contribution in [2.45, 2.75) is 18.9 Å². The maximum atomic E-state index is 5.24. The predicted molar refractivity (Wildman–Crippen MR) is 106 cm³/mol. The number of anilines is 1. The van der Waals surface area contributed by atoms with E-state index in [-0.39, 0.29) is 0 Å². The quantitative estimate of drug-likeness (QED) is 0.559. The van der Waals surface area contributed by atoms with Crippen molar-refractivity contribution in [3.63, 3.8) is 0 Å². The number of ether oxygens (including phenoxy) is 1. The van der Waals surface area contributed by atoms with Crippen molar-refractivity contribution in [1.82, 2.24) is 15.1 Å². The Morgan fingerprint density at radius 2 is 2.12 bits per heavy atom. The second kappa shape index (κ2) is 9.40. The van der Waals surface area contributed by atoms with Crippen molar-refractivity contribution in [3.8, 4) is 0 Å². The molecule has 1 aromatic heterocycles. The molecule has 2 fully saturated rings. The first-order valence-corrected chi connectivity index (χ1v) is 10.2. The van der Waals surface area contributed by atoms with Crippen molar-refractivity contribution < 1.29 is 4.74 Å². The molecule has 1 aliphatic carbocycles. The third-order valence-corrected chi connectivity index (χ3v) is 5.87. The van der Waals surface area contributed by atoms with E-state index >= 15 is 0 Å². The molecule has 2 aliphatic rings. The molecule has 7 heteroatoms. The fourth-order valence-electron chi connectivity index (χ4n) is 3.36. The first kappa shape index (κ1) is 18.5. The molecule has 0 radical (unpaired) electrons. The number of thiophene rings is 1. The lowest BCUT2D eigenvalue weighted by Crippen LogP contribution is -2.53. The van der Waals surface area contributed by atoms with Gasteiger partial charge in [0, 0.05) is 66.0 Å². The molecule has 0 aromatic carbocycles. The van der Waals surface area contributed by atoms with E-state index in [9.17, 15) is 0 Å². The SMILES string of the molecule is CN=C(NCCN(CCOC)C1CC1)N1CCN(c2cccs2)CC1. The van der Waals surface area contributed by atoms with E-state index in [2.05, 4.69) is 42.5 Å². The molecule has 0 bridgehead atoms. The average Bonchev–Trinajstić information content (AvgIpc) is 3.35. The highest BCUT2D eigenvalue weighted by atomic mass is 32.1. The van der Waals surface area contributed by atoms with Gasteiger partial charge in [-0.05, 0) is 30.4 Å². The van der Waals surface area contributed by atoms with Crippen molar-refractivity contribution in [2.24, 2.45) is 4.99 Å². The number of nitrogens with one attached hydrogen (secondary N) is 1. The van der Waals surface area contributed by atoms with Gasteiger partial charge in [0.05, 0.1) is 11.6 Å². The lowest BCUT2D eigenvalue weighted by Gasteiger charge is -2.37. The fraction of sp³-hybridized carbons (Fsp3) is 0.722. The molecule has 0 atom stereocenters. The molecule has 2 heterocycles. The van der Waals surface area contributed by atoms with Crippen LogP contribution in [0.15, 0.2) is 22.5 Å². The maximum Gasteiger partial charge on any atom is 0.193 e. The monoisotopic (exact) mass is 365 g/mol. The van der Waals surface area contributed by atoms with Crippen LogP contribution in [0.4, 0.5) is 5.00 Å². The summed E-state index contributed by atoms with van der Waals surface area (Å²) in [6.45, 7) is 8.00. The molecule has 1 aromatic rings. The van der Waals surface area contributed by atoms with E-state index in [1.54, 1.807) is 7.11 Å². The van der Waals surface area contributed by atoms with Crippen LogP contribution in [-0.4, -0.2) is 88.4 Å². The van der Waals surface area contributed by atoms with Crippen LogP contribution in [0.3, 0.4) is 0 Å². The minimum absolute atomic E-state index is 0.772. The Kier molecular flexibility index (Phi) is 6.95. The molecule has 0 amide bonds. The Bertz CT molecular complexity index is 524. The third-order valence-electron chi connectivity index (χ3n) is 4.94. The summed E-state index contributed by atoms with van der Waals surface area (Å²) in [5.74, 6) is 1.04. The van der Waals surface area contributed by atoms with E-state index < -0.39 is 0 Å². The second-order valence-electron chi connectivity index (χ2n) is 6.66. The summed E-state index contributed by atoms with van der Waals surface area (Å²) < 4.78 is 5.24. The van der Waals surface area contributed by atoms with E-state index in [4.69, 9.17) is 4.74 Å². The van der Waals surface area contributed by atoms with Crippen LogP contribution in [0.5, 0.6) is 0 Å². The normalized spacial score (nSPS) is 18.9. The van der Waals surface area contributed by atoms with Gasteiger partial charge in [-0.2, -0.15) is 0 Å². The minimum atomic E-state index is 0.772. The summed E-state index contributed by atoms with van der Waals surface area (Å²) in [7, 11) is 3.67. The number of guanidine groups is 1. The van der Waals surface area contributed by atoms with Crippen molar-refractivity contribution in [1.29, 1.82) is 0 Å². The number of nitrogens with zero attached hydrogens (tertiary/aromatic N) is 4. The van der Waals surface area contributed by atoms with Crippen molar-refractivity contribution >= 4 is 22.3 Å². The average molecular weight is 366 g/mol. The summed E-state index contributed by atoms with van der Waals surface area (Å²) >= 11 is 1.82. The first-order valence-electron chi connectivity index (χ1n) is 9.29. The minimum Gasteiger partial charge on any atom is -0.383 e. The standard InChI is InChI=1S/C18H31N5OS/c1-19-18(20-7-8-21(13-14-24-2)16-5-6-16)23-11-9-22(10-12-23)17-4-3-15-25-17/h3-4,15-16H,5-14H2,1-2H3,(H,19,20). The lowest BCUT2D eigenvalue weighted by atomic mass is 10.3. The molecule has 0 unspecified atom stereocenters. The molecule has 140 valence electrons. The Balaban J connectivity index is 1.40. The van der Waals surface area contributed by atoms with Crippen LogP contribution in [0.1, 0.15) is 12.8 Å². The smallest absolute Gasteiger partial charge is 0.193 e. The van der Waals surface area contributed by atoms with Crippen LogP contribution >= 0.6 is 11.3 Å². The number of hydrogen-bond acceptors (Lipinski definition) is 5. The Morgan fingerprint density at radius 1 is 1.32 bits per heavy atom. The van der Waals surface area contributed by atoms with Gasteiger partial charge in [0.15, 0.2) is 5.96 Å². The van der Waals surface area contributed by atoms with E-state index in [0.717, 1.165) is 64.4 Å². The fourth-order valence-corrected chi connectivity index (χ4v) is 4.14. The number of methoxy groups -OCH3 is 1. The van der Waals surface area contributed by atoms with Gasteiger partial charge in [-0.3, -0.25) is 9.89 Å². The van der Waals surface area contributed by atoms with E-state index in [1.165, 1.54) is 17.8 Å². The summed E-state index contributed by atoms with van der Waals surface area (Å²) in [6, 6.07) is 5.11. The van der Waals surface area contributed by atoms with Crippen molar-refractivity contribution in [3.05, 3.63) is 17.5 Å². The zero-order valence-corrected chi connectivity index (χ0v) is 16.3. The highest BCUT2D eigenvalue weighted by Crippen LogP contribution is 2.26. The molecule has 0 spiro atoms. The third kappa shape index (κ3) is 5.33. The van der Waals surface area contributed by atoms with Gasteiger partial charge in [0.1, 0.15) is 0 Å². The number of hydrogen-bond donors (Lipinski definition) is 1. The lowest BCUT2D eigenvalue weighted by molar-refractivity contribution is 0.144. The Morgan fingerprint density at radius 3 is 2.72 bits per heavy atom. The molecular weight excluding hydrogens is 334 g/mol. The van der Waals surface area contributed by atoms with Gasteiger partial charge in [0.2, 0.25) is 0 Å². The van der Waals surface area contributed by atoms with Gasteiger partial charge in [0.25, 0.3) is 0 Å². The summed E-state index contributed by atoms with van der Waals surface area (Å²) in [6.07, 6.45) is 2.67. The summed E-state index contributed by atoms with van der Waals surface area (Å²) in [4.78, 5) is 11.9. The van der Waals surface area contributed by atoms with Gasteiger partial charge in [-0.1, -0.05) is 0 Å². The molecule has 1 N–H and O–H groups in total. The van der Waals surface area contributed by atoms with Gasteiger partial charge in [-0.25, -0.2) is 0 Å². The predicted octanol–water partition coefficient (Wildman–Crippen LogP) is 1.56. The van der Waals surface area contributed by atoms with Crippen LogP contribution in [-0.2, 0) is 4.74 Å². The molecule has 25 heavy (non-hydrogen) atoms. The topological polar surface area (TPSA) is 43.3 Å². The molecule has 1 saturated heterocycles. The molecule has 3 rings (SSSR count). The van der Waals surface area contributed by atoms with Gasteiger partial charge in [-0.15, -0.1) is 11.3 Å². The van der Waals surface area contributed by atoms with Crippen LogP contribution < -0.4 is 10.2 Å². The molecule has 1 aliphatic heterocycles. The Hall–Kier alpha value is -1.31. The first-order chi connectivity index (χ1) is 12.3. The molecule has 6 nitrogen and oxygen atoms in total.